The molecule has 0 aliphatic heterocycles. The Morgan fingerprint density at radius 1 is 1.79 bits per heavy atom. The van der Waals surface area contributed by atoms with E-state index in [9.17, 15) is 4.79 Å². The van der Waals surface area contributed by atoms with Gasteiger partial charge < -0.3 is 5.11 Å². The zero-order valence-corrected chi connectivity index (χ0v) is 7.47. The first-order valence-electron chi connectivity index (χ1n) is 4.05. The van der Waals surface area contributed by atoms with Gasteiger partial charge in [-0.3, -0.25) is 15.1 Å². The van der Waals surface area contributed by atoms with Crippen LogP contribution in [0.2, 0.25) is 0 Å². The van der Waals surface area contributed by atoms with Crippen molar-refractivity contribution in [1.29, 1.82) is 0 Å². The molecule has 4 heteroatoms. The van der Waals surface area contributed by atoms with Gasteiger partial charge in [-0.1, -0.05) is 12.0 Å². The molecule has 0 saturated heterocycles. The Morgan fingerprint density at radius 3 is 3.07 bits per heavy atom. The van der Waals surface area contributed by atoms with Crippen molar-refractivity contribution in [3.63, 3.8) is 0 Å². The Labute approximate surface area is 82.0 Å². The fraction of sp³-hybridized carbons (Fsp3) is 0.200. The lowest BCUT2D eigenvalue weighted by Crippen LogP contribution is -2.28. The molecule has 0 radical (unpaired) electrons. The number of nitrogens with one attached hydrogen (secondary N) is 1. The summed E-state index contributed by atoms with van der Waals surface area (Å²) in [7, 11) is 0. The molecule has 1 heterocycles. The summed E-state index contributed by atoms with van der Waals surface area (Å²) in [6.07, 6.45) is 8.12. The van der Waals surface area contributed by atoms with Gasteiger partial charge >= 0.3 is 5.97 Å². The predicted octanol–water partition coefficient (Wildman–Crippen LogP) is 0.430. The van der Waals surface area contributed by atoms with Crippen molar-refractivity contribution < 1.29 is 9.90 Å². The summed E-state index contributed by atoms with van der Waals surface area (Å²) in [4.78, 5) is 14.7. The zero-order chi connectivity index (χ0) is 10.4. The maximum atomic E-state index is 10.8. The fourth-order valence-electron chi connectivity index (χ4n) is 1.06. The number of carbonyl (C=O) groups is 1. The molecule has 0 aliphatic rings. The van der Waals surface area contributed by atoms with Crippen LogP contribution in [0.15, 0.2) is 24.5 Å². The SMILES string of the molecule is C#CCNC(C(=O)O)c1cccnc1. The molecule has 0 bridgehead atoms. The van der Waals surface area contributed by atoms with Crippen LogP contribution >= 0.6 is 0 Å². The Hall–Kier alpha value is -1.86. The minimum atomic E-state index is -0.965. The summed E-state index contributed by atoms with van der Waals surface area (Å²) < 4.78 is 0. The second kappa shape index (κ2) is 5.00. The molecule has 1 rings (SSSR count). The number of carboxylic acids is 1. The third-order valence-corrected chi connectivity index (χ3v) is 1.67. The van der Waals surface area contributed by atoms with Crippen LogP contribution in [0.1, 0.15) is 11.6 Å². The molecule has 72 valence electrons. The van der Waals surface area contributed by atoms with E-state index in [0.29, 0.717) is 5.56 Å². The minimum Gasteiger partial charge on any atom is -0.480 e. The van der Waals surface area contributed by atoms with Gasteiger partial charge in [0.1, 0.15) is 6.04 Å². The van der Waals surface area contributed by atoms with Gasteiger partial charge in [-0.15, -0.1) is 6.42 Å². The van der Waals surface area contributed by atoms with Crippen LogP contribution in [0.25, 0.3) is 0 Å². The second-order valence-corrected chi connectivity index (χ2v) is 2.64. The molecule has 0 amide bonds. The summed E-state index contributed by atoms with van der Waals surface area (Å²) in [5.74, 6) is 1.36. The Morgan fingerprint density at radius 2 is 2.57 bits per heavy atom. The molecule has 2 N–H and O–H groups in total. The molecule has 0 aliphatic carbocycles. The maximum Gasteiger partial charge on any atom is 0.325 e. The van der Waals surface area contributed by atoms with Crippen LogP contribution in [-0.2, 0) is 4.79 Å². The highest BCUT2D eigenvalue weighted by Gasteiger charge is 2.18. The molecule has 0 fully saturated rings. The number of hydrogen-bond donors (Lipinski definition) is 2. The summed E-state index contributed by atoms with van der Waals surface area (Å²) in [5, 5.41) is 11.6. The lowest BCUT2D eigenvalue weighted by atomic mass is 10.1. The average molecular weight is 190 g/mol. The summed E-state index contributed by atoms with van der Waals surface area (Å²) in [5.41, 5.74) is 0.593. The number of aromatic nitrogens is 1. The van der Waals surface area contributed by atoms with Crippen LogP contribution in [0.3, 0.4) is 0 Å². The maximum absolute atomic E-state index is 10.8. The summed E-state index contributed by atoms with van der Waals surface area (Å²) in [6.45, 7) is 0.214. The van der Waals surface area contributed by atoms with Gasteiger partial charge in [0.2, 0.25) is 0 Å². The lowest BCUT2D eigenvalue weighted by molar-refractivity contribution is -0.139. The smallest absolute Gasteiger partial charge is 0.325 e. The quantitative estimate of drug-likeness (QED) is 0.676. The lowest BCUT2D eigenvalue weighted by Gasteiger charge is -2.11. The molecule has 1 aromatic rings. The number of terminal acetylenes is 1. The van der Waals surface area contributed by atoms with E-state index in [1.807, 2.05) is 0 Å². The molecule has 14 heavy (non-hydrogen) atoms. The van der Waals surface area contributed by atoms with Gasteiger partial charge in [0.25, 0.3) is 0 Å². The topological polar surface area (TPSA) is 62.2 Å². The van der Waals surface area contributed by atoms with Crippen molar-refractivity contribution >= 4 is 5.97 Å². The largest absolute Gasteiger partial charge is 0.480 e. The minimum absolute atomic E-state index is 0.214. The average Bonchev–Trinajstić information content (AvgIpc) is 2.19. The van der Waals surface area contributed by atoms with Crippen LogP contribution in [-0.4, -0.2) is 22.6 Å². The van der Waals surface area contributed by atoms with Crippen LogP contribution < -0.4 is 5.32 Å². The van der Waals surface area contributed by atoms with Crippen LogP contribution in [0, 0.1) is 12.3 Å². The van der Waals surface area contributed by atoms with Gasteiger partial charge in [0.15, 0.2) is 0 Å². The third kappa shape index (κ3) is 2.57. The number of hydrogen-bond acceptors (Lipinski definition) is 3. The van der Waals surface area contributed by atoms with Crippen molar-refractivity contribution in [2.45, 2.75) is 6.04 Å². The first-order valence-corrected chi connectivity index (χ1v) is 4.05. The second-order valence-electron chi connectivity index (χ2n) is 2.64. The molecular formula is C10H10N2O2. The predicted molar refractivity (Wildman–Crippen MR) is 51.4 cm³/mol. The first-order chi connectivity index (χ1) is 6.75. The highest BCUT2D eigenvalue weighted by Crippen LogP contribution is 2.10. The van der Waals surface area contributed by atoms with Crippen molar-refractivity contribution in [2.24, 2.45) is 0 Å². The summed E-state index contributed by atoms with van der Waals surface area (Å²) >= 11 is 0. The summed E-state index contributed by atoms with van der Waals surface area (Å²) in [6, 6.07) is 2.58. The standard InChI is InChI=1S/C10H10N2O2/c1-2-5-12-9(10(13)14)8-4-3-6-11-7-8/h1,3-4,6-7,9,12H,5H2,(H,13,14). The van der Waals surface area contributed by atoms with E-state index in [2.05, 4.69) is 16.2 Å². The van der Waals surface area contributed by atoms with Crippen LogP contribution in [0.4, 0.5) is 0 Å². The van der Waals surface area contributed by atoms with E-state index in [1.165, 1.54) is 6.20 Å². The number of pyridine rings is 1. The van der Waals surface area contributed by atoms with E-state index in [-0.39, 0.29) is 6.54 Å². The van der Waals surface area contributed by atoms with E-state index in [4.69, 9.17) is 11.5 Å². The Balaban J connectivity index is 2.79. The number of rotatable bonds is 4. The molecular weight excluding hydrogens is 180 g/mol. The molecule has 0 aromatic carbocycles. The van der Waals surface area contributed by atoms with E-state index < -0.39 is 12.0 Å². The van der Waals surface area contributed by atoms with Crippen molar-refractivity contribution in [3.05, 3.63) is 30.1 Å². The van der Waals surface area contributed by atoms with Gasteiger partial charge in [-0.25, -0.2) is 0 Å². The van der Waals surface area contributed by atoms with E-state index in [0.717, 1.165) is 0 Å². The van der Waals surface area contributed by atoms with Crippen molar-refractivity contribution in [1.82, 2.24) is 10.3 Å². The Kier molecular flexibility index (Phi) is 3.65. The highest BCUT2D eigenvalue weighted by atomic mass is 16.4. The Bertz CT molecular complexity index is 343. The third-order valence-electron chi connectivity index (χ3n) is 1.67. The highest BCUT2D eigenvalue weighted by molar-refractivity contribution is 5.75. The van der Waals surface area contributed by atoms with Gasteiger partial charge in [-0.05, 0) is 11.6 Å². The van der Waals surface area contributed by atoms with Crippen LogP contribution in [0.5, 0.6) is 0 Å². The molecule has 1 aromatic heterocycles. The fourth-order valence-corrected chi connectivity index (χ4v) is 1.06. The number of aliphatic carboxylic acids is 1. The van der Waals surface area contributed by atoms with Gasteiger partial charge in [0.05, 0.1) is 6.54 Å². The molecule has 1 atom stereocenters. The van der Waals surface area contributed by atoms with Crippen molar-refractivity contribution in [3.8, 4) is 12.3 Å². The molecule has 1 unspecified atom stereocenters. The van der Waals surface area contributed by atoms with Gasteiger partial charge in [0, 0.05) is 12.4 Å². The van der Waals surface area contributed by atoms with Gasteiger partial charge in [-0.2, -0.15) is 0 Å². The van der Waals surface area contributed by atoms with E-state index >= 15 is 0 Å². The number of nitrogens with zero attached hydrogens (tertiary/aromatic N) is 1. The number of carboxylic acid groups (broad SMARTS) is 1. The normalized spacial score (nSPS) is 11.6. The first kappa shape index (κ1) is 10.2. The van der Waals surface area contributed by atoms with Crippen molar-refractivity contribution in [2.75, 3.05) is 6.54 Å². The van der Waals surface area contributed by atoms with E-state index in [1.54, 1.807) is 18.3 Å². The molecule has 0 spiro atoms. The molecule has 0 saturated carbocycles. The molecule has 4 nitrogen and oxygen atoms in total. The zero-order valence-electron chi connectivity index (χ0n) is 7.47. The monoisotopic (exact) mass is 190 g/mol.